The van der Waals surface area contributed by atoms with Gasteiger partial charge in [-0.15, -0.1) is 0 Å². The van der Waals surface area contributed by atoms with Crippen molar-refractivity contribution < 1.29 is 0 Å². The molecule has 0 atom stereocenters. The van der Waals surface area contributed by atoms with E-state index in [1.165, 1.54) is 103 Å². The van der Waals surface area contributed by atoms with Crippen molar-refractivity contribution in [1.82, 2.24) is 0 Å². The van der Waals surface area contributed by atoms with Crippen molar-refractivity contribution in [2.24, 2.45) is 29.6 Å². The zero-order valence-corrected chi connectivity index (χ0v) is 21.5. The highest BCUT2D eigenvalue weighted by Crippen LogP contribution is 2.43. The second kappa shape index (κ2) is 12.6. The Hall–Kier alpha value is -0.780. The van der Waals surface area contributed by atoms with E-state index in [2.05, 4.69) is 38.1 Å². The van der Waals surface area contributed by atoms with Crippen LogP contribution in [0.2, 0.25) is 0 Å². The summed E-state index contributed by atoms with van der Waals surface area (Å²) in [5, 5.41) is 0. The van der Waals surface area contributed by atoms with Crippen LogP contribution >= 0.6 is 0 Å². The Morgan fingerprint density at radius 1 is 0.531 bits per heavy atom. The van der Waals surface area contributed by atoms with Crippen LogP contribution in [0.15, 0.2) is 24.3 Å². The van der Waals surface area contributed by atoms with Crippen molar-refractivity contribution in [3.05, 3.63) is 35.4 Å². The zero-order chi connectivity index (χ0) is 22.2. The predicted molar refractivity (Wildman–Crippen MR) is 140 cm³/mol. The number of hydrogen-bond acceptors (Lipinski definition) is 0. The van der Waals surface area contributed by atoms with Gasteiger partial charge in [-0.25, -0.2) is 0 Å². The lowest BCUT2D eigenvalue weighted by molar-refractivity contribution is 0.141. The first-order valence-corrected chi connectivity index (χ1v) is 14.8. The minimum atomic E-state index is 0.837. The van der Waals surface area contributed by atoms with Gasteiger partial charge in [0.05, 0.1) is 0 Å². The summed E-state index contributed by atoms with van der Waals surface area (Å²) in [6, 6.07) is 9.89. The van der Waals surface area contributed by atoms with Gasteiger partial charge in [-0.2, -0.15) is 0 Å². The van der Waals surface area contributed by atoms with Crippen molar-refractivity contribution in [2.75, 3.05) is 0 Å². The van der Waals surface area contributed by atoms with Gasteiger partial charge in [0, 0.05) is 0 Å². The van der Waals surface area contributed by atoms with E-state index in [1.807, 2.05) is 0 Å². The third kappa shape index (κ3) is 6.87. The van der Waals surface area contributed by atoms with Gasteiger partial charge in [-0.3, -0.25) is 0 Å². The topological polar surface area (TPSA) is 0 Å². The smallest absolute Gasteiger partial charge is 0.0162 e. The summed E-state index contributed by atoms with van der Waals surface area (Å²) in [6.07, 6.45) is 26.5. The average Bonchev–Trinajstić information content (AvgIpc) is 2.85. The lowest BCUT2D eigenvalue weighted by Gasteiger charge is -2.38. The Kier molecular flexibility index (Phi) is 9.60. The SMILES string of the molecule is CCCC1CCC([C@H]2CC[C@H](CCc3ccc([C@H]4CC[C@H](CCC)CC4)cc3)CC2)CC1. The van der Waals surface area contributed by atoms with Crippen LogP contribution in [0.1, 0.15) is 140 Å². The lowest BCUT2D eigenvalue weighted by Crippen LogP contribution is -2.26. The van der Waals surface area contributed by atoms with E-state index in [0.29, 0.717) is 0 Å². The molecule has 1 aromatic carbocycles. The number of hydrogen-bond donors (Lipinski definition) is 0. The van der Waals surface area contributed by atoms with Gasteiger partial charge >= 0.3 is 0 Å². The molecule has 3 saturated carbocycles. The van der Waals surface area contributed by atoms with Crippen LogP contribution in [0, 0.1) is 29.6 Å². The van der Waals surface area contributed by atoms with Gasteiger partial charge in [0.1, 0.15) is 0 Å². The van der Waals surface area contributed by atoms with Crippen LogP contribution in [0.3, 0.4) is 0 Å². The standard InChI is InChI=1S/C32H52/c1-3-5-25-9-17-29(18-10-25)31-21-13-27(14-22-31)7-8-28-15-23-32(24-16-28)30-19-11-26(6-4-2)12-20-30/h13-14,21-22,25-26,28-30,32H,3-12,15-20,23-24H2,1-2H3/t25-,26?,28-,29-,30?,32-. The molecule has 3 fully saturated rings. The summed E-state index contributed by atoms with van der Waals surface area (Å²) in [5.74, 6) is 6.06. The summed E-state index contributed by atoms with van der Waals surface area (Å²) in [7, 11) is 0. The van der Waals surface area contributed by atoms with Crippen molar-refractivity contribution in [3.8, 4) is 0 Å². The zero-order valence-electron chi connectivity index (χ0n) is 21.5. The van der Waals surface area contributed by atoms with Gasteiger partial charge in [0.25, 0.3) is 0 Å². The molecule has 0 N–H and O–H groups in total. The normalized spacial score (nSPS) is 33.8. The fourth-order valence-electron chi connectivity index (χ4n) is 7.82. The van der Waals surface area contributed by atoms with Crippen molar-refractivity contribution in [3.63, 3.8) is 0 Å². The molecule has 0 bridgehead atoms. The van der Waals surface area contributed by atoms with E-state index >= 15 is 0 Å². The Morgan fingerprint density at radius 2 is 0.969 bits per heavy atom. The molecule has 32 heavy (non-hydrogen) atoms. The summed E-state index contributed by atoms with van der Waals surface area (Å²) < 4.78 is 0. The number of benzene rings is 1. The maximum absolute atomic E-state index is 2.48. The van der Waals surface area contributed by atoms with Crippen molar-refractivity contribution >= 4 is 0 Å². The fourth-order valence-corrected chi connectivity index (χ4v) is 7.82. The molecular weight excluding hydrogens is 384 g/mol. The molecule has 0 spiro atoms. The van der Waals surface area contributed by atoms with Gasteiger partial charge in [-0.05, 0) is 111 Å². The maximum atomic E-state index is 2.48. The fraction of sp³-hybridized carbons (Fsp3) is 0.812. The van der Waals surface area contributed by atoms with Crippen molar-refractivity contribution in [1.29, 1.82) is 0 Å². The molecule has 0 nitrogen and oxygen atoms in total. The maximum Gasteiger partial charge on any atom is -0.0162 e. The monoisotopic (exact) mass is 436 g/mol. The first-order chi connectivity index (χ1) is 15.7. The number of rotatable bonds is 9. The molecule has 3 aliphatic rings. The van der Waals surface area contributed by atoms with Gasteiger partial charge in [-0.1, -0.05) is 89.5 Å². The Bertz CT molecular complexity index is 619. The summed E-state index contributed by atoms with van der Waals surface area (Å²) in [6.45, 7) is 4.70. The van der Waals surface area contributed by atoms with E-state index in [0.717, 1.165) is 35.5 Å². The van der Waals surface area contributed by atoms with E-state index in [4.69, 9.17) is 0 Å². The summed E-state index contributed by atoms with van der Waals surface area (Å²) in [4.78, 5) is 0. The molecular formula is C32H52. The highest BCUT2D eigenvalue weighted by Gasteiger charge is 2.30. The molecule has 0 heteroatoms. The van der Waals surface area contributed by atoms with E-state index < -0.39 is 0 Å². The largest absolute Gasteiger partial charge is 0.0654 e. The van der Waals surface area contributed by atoms with Gasteiger partial charge in [0.2, 0.25) is 0 Å². The van der Waals surface area contributed by atoms with E-state index in [-0.39, 0.29) is 0 Å². The average molecular weight is 437 g/mol. The molecule has 0 unspecified atom stereocenters. The quantitative estimate of drug-likeness (QED) is 0.361. The molecule has 180 valence electrons. The minimum absolute atomic E-state index is 0.837. The van der Waals surface area contributed by atoms with Gasteiger partial charge < -0.3 is 0 Å². The lowest BCUT2D eigenvalue weighted by atomic mass is 9.68. The second-order valence-corrected chi connectivity index (χ2v) is 12.1. The first-order valence-electron chi connectivity index (χ1n) is 14.8. The summed E-state index contributed by atoms with van der Waals surface area (Å²) in [5.41, 5.74) is 3.21. The molecule has 1 aromatic rings. The highest BCUT2D eigenvalue weighted by molar-refractivity contribution is 5.26. The number of aryl methyl sites for hydroxylation is 1. The predicted octanol–water partition coefficient (Wildman–Crippen LogP) is 10.1. The third-order valence-electron chi connectivity index (χ3n) is 9.98. The summed E-state index contributed by atoms with van der Waals surface area (Å²) >= 11 is 0. The molecule has 3 aliphatic carbocycles. The van der Waals surface area contributed by atoms with E-state index in [9.17, 15) is 0 Å². The first kappa shape index (κ1) is 24.3. The van der Waals surface area contributed by atoms with Crippen LogP contribution in [0.4, 0.5) is 0 Å². The molecule has 0 heterocycles. The van der Waals surface area contributed by atoms with E-state index in [1.54, 1.807) is 24.0 Å². The van der Waals surface area contributed by atoms with Crippen LogP contribution in [0.25, 0.3) is 0 Å². The molecule has 4 rings (SSSR count). The Balaban J connectivity index is 1.14. The van der Waals surface area contributed by atoms with Crippen LogP contribution < -0.4 is 0 Å². The van der Waals surface area contributed by atoms with Crippen LogP contribution in [-0.2, 0) is 6.42 Å². The molecule has 0 amide bonds. The molecule has 0 aliphatic heterocycles. The molecule has 0 aromatic heterocycles. The third-order valence-corrected chi connectivity index (χ3v) is 9.98. The van der Waals surface area contributed by atoms with Gasteiger partial charge in [0.15, 0.2) is 0 Å². The van der Waals surface area contributed by atoms with Crippen molar-refractivity contribution in [2.45, 2.75) is 135 Å². The Morgan fingerprint density at radius 3 is 1.44 bits per heavy atom. The Labute approximate surface area is 200 Å². The molecule has 0 radical (unpaired) electrons. The molecule has 0 saturated heterocycles. The second-order valence-electron chi connectivity index (χ2n) is 12.1. The highest BCUT2D eigenvalue weighted by atomic mass is 14.4. The van der Waals surface area contributed by atoms with Crippen LogP contribution in [0.5, 0.6) is 0 Å². The minimum Gasteiger partial charge on any atom is -0.0654 e. The van der Waals surface area contributed by atoms with Crippen LogP contribution in [-0.4, -0.2) is 0 Å².